The summed E-state index contributed by atoms with van der Waals surface area (Å²) in [5.41, 5.74) is 0.209. The zero-order chi connectivity index (χ0) is 11.1. The van der Waals surface area contributed by atoms with Gasteiger partial charge < -0.3 is 0 Å². The summed E-state index contributed by atoms with van der Waals surface area (Å²) in [7, 11) is 0. The minimum absolute atomic E-state index is 0.0809. The molecule has 0 amide bonds. The van der Waals surface area contributed by atoms with Gasteiger partial charge in [0.15, 0.2) is 5.84 Å². The van der Waals surface area contributed by atoms with Crippen LogP contribution in [0.4, 0.5) is 13.2 Å². The molecule has 0 saturated heterocycles. The van der Waals surface area contributed by atoms with Gasteiger partial charge in [0.1, 0.15) is 0 Å². The molecule has 75 valence electrons. The first-order valence-corrected chi connectivity index (χ1v) is 3.91. The summed E-state index contributed by atoms with van der Waals surface area (Å²) in [6.07, 6.45) is -4.52. The average molecular weight is 210 g/mol. The molecule has 0 fully saturated rings. The molecule has 1 aromatic rings. The third kappa shape index (κ3) is 1.64. The van der Waals surface area contributed by atoms with Crippen molar-refractivity contribution in [3.05, 3.63) is 35.4 Å². The monoisotopic (exact) mass is 210 g/mol. The predicted molar refractivity (Wildman–Crippen MR) is 44.4 cm³/mol. The fourth-order valence-electron chi connectivity index (χ4n) is 1.12. The molecule has 0 bridgehead atoms. The van der Waals surface area contributed by atoms with Crippen LogP contribution in [0.15, 0.2) is 23.3 Å². The molecule has 1 radical (unpaired) electrons. The zero-order valence-electron chi connectivity index (χ0n) is 7.21. The lowest BCUT2D eigenvalue weighted by atomic mass is 10.1. The van der Waals surface area contributed by atoms with Crippen LogP contribution < -0.4 is 0 Å². The number of benzene rings is 1. The molecule has 6 heteroatoms. The van der Waals surface area contributed by atoms with E-state index in [0.717, 1.165) is 0 Å². The minimum atomic E-state index is -4.52. The van der Waals surface area contributed by atoms with E-state index in [2.05, 4.69) is 11.2 Å². The van der Waals surface area contributed by atoms with Crippen molar-refractivity contribution in [3.8, 4) is 6.07 Å². The lowest BCUT2D eigenvalue weighted by Crippen LogP contribution is -2.25. The Balaban J connectivity index is 2.28. The molecule has 1 heterocycles. The van der Waals surface area contributed by atoms with E-state index in [0.29, 0.717) is 0 Å². The standard InChI is InChI=1S/C9H3F3N3/c10-9(11,12)15-8(14-15)7-4-2-1-3-6(7)5-13/h1-3H. The van der Waals surface area contributed by atoms with Gasteiger partial charge >= 0.3 is 6.30 Å². The lowest BCUT2D eigenvalue weighted by molar-refractivity contribution is -0.201. The van der Waals surface area contributed by atoms with Gasteiger partial charge in [0.25, 0.3) is 0 Å². The second kappa shape index (κ2) is 2.98. The molecular formula is C9H3F3N3. The molecule has 15 heavy (non-hydrogen) atoms. The summed E-state index contributed by atoms with van der Waals surface area (Å²) in [4.78, 5) is 0. The fraction of sp³-hybridized carbons (Fsp3) is 0.111. The SMILES string of the molecule is N#Cc1ccc[c]c1C1=NN1C(F)(F)F. The van der Waals surface area contributed by atoms with Crippen LogP contribution in [-0.4, -0.2) is 17.1 Å². The number of halogens is 3. The van der Waals surface area contributed by atoms with Crippen molar-refractivity contribution < 1.29 is 13.2 Å². The summed E-state index contributed by atoms with van der Waals surface area (Å²) in [6, 6.07) is 8.72. The van der Waals surface area contributed by atoms with Crippen LogP contribution in [0.1, 0.15) is 11.1 Å². The van der Waals surface area contributed by atoms with Gasteiger partial charge in [-0.2, -0.15) is 5.26 Å². The highest BCUT2D eigenvalue weighted by atomic mass is 19.4. The number of alkyl halides is 3. The van der Waals surface area contributed by atoms with Crippen LogP contribution in [0.5, 0.6) is 0 Å². The van der Waals surface area contributed by atoms with E-state index in [1.54, 1.807) is 6.07 Å². The quantitative estimate of drug-likeness (QED) is 0.663. The number of hydrazone groups is 1. The highest BCUT2D eigenvalue weighted by molar-refractivity contribution is 6.07. The van der Waals surface area contributed by atoms with Gasteiger partial charge in [-0.3, -0.25) is 0 Å². The van der Waals surface area contributed by atoms with E-state index in [9.17, 15) is 13.2 Å². The molecule has 1 aliphatic heterocycles. The maximum Gasteiger partial charge on any atom is 0.506 e. The molecule has 0 saturated carbocycles. The topological polar surface area (TPSA) is 39.2 Å². The molecule has 3 nitrogen and oxygen atoms in total. The Kier molecular flexibility index (Phi) is 1.89. The Morgan fingerprint density at radius 1 is 1.47 bits per heavy atom. The summed E-state index contributed by atoms with van der Waals surface area (Å²) in [6.45, 7) is 0. The van der Waals surface area contributed by atoms with Crippen molar-refractivity contribution >= 4 is 5.84 Å². The largest absolute Gasteiger partial charge is 0.506 e. The maximum absolute atomic E-state index is 12.1. The van der Waals surface area contributed by atoms with Crippen LogP contribution in [0.2, 0.25) is 0 Å². The van der Waals surface area contributed by atoms with E-state index in [4.69, 9.17) is 5.26 Å². The first-order chi connectivity index (χ1) is 7.04. The van der Waals surface area contributed by atoms with Gasteiger partial charge in [0.2, 0.25) is 0 Å². The van der Waals surface area contributed by atoms with Crippen molar-refractivity contribution in [2.24, 2.45) is 5.10 Å². The third-order valence-corrected chi connectivity index (χ3v) is 1.80. The number of amidine groups is 1. The number of nitriles is 1. The Labute approximate surface area is 83.0 Å². The minimum Gasteiger partial charge on any atom is -0.192 e. The van der Waals surface area contributed by atoms with E-state index in [-0.39, 0.29) is 22.0 Å². The summed E-state index contributed by atoms with van der Waals surface area (Å²) < 4.78 is 36.4. The highest BCUT2D eigenvalue weighted by Gasteiger charge is 2.49. The Morgan fingerprint density at radius 3 is 2.73 bits per heavy atom. The second-order valence-corrected chi connectivity index (χ2v) is 2.77. The molecule has 1 aromatic carbocycles. The van der Waals surface area contributed by atoms with Gasteiger partial charge in [-0.15, -0.1) is 23.3 Å². The van der Waals surface area contributed by atoms with Gasteiger partial charge in [0.05, 0.1) is 11.6 Å². The molecule has 2 rings (SSSR count). The first-order valence-electron chi connectivity index (χ1n) is 3.91. The molecule has 0 unspecified atom stereocenters. The van der Waals surface area contributed by atoms with Crippen LogP contribution >= 0.6 is 0 Å². The van der Waals surface area contributed by atoms with E-state index >= 15 is 0 Å². The summed E-state index contributed by atoms with van der Waals surface area (Å²) >= 11 is 0. The third-order valence-electron chi connectivity index (χ3n) is 1.80. The van der Waals surface area contributed by atoms with E-state index in [1.807, 2.05) is 0 Å². The molecule has 1 aliphatic rings. The molecule has 0 spiro atoms. The Hall–Kier alpha value is -2.03. The van der Waals surface area contributed by atoms with Crippen molar-refractivity contribution in [1.29, 1.82) is 5.26 Å². The Bertz CT molecular complexity index is 470. The van der Waals surface area contributed by atoms with Gasteiger partial charge in [-0.25, -0.2) is 0 Å². The van der Waals surface area contributed by atoms with Gasteiger partial charge in [-0.05, 0) is 12.1 Å². The number of hydrogen-bond donors (Lipinski definition) is 0. The summed E-state index contributed by atoms with van der Waals surface area (Å²) in [5, 5.41) is 11.7. The van der Waals surface area contributed by atoms with E-state index in [1.165, 1.54) is 18.2 Å². The predicted octanol–water partition coefficient (Wildman–Crippen LogP) is 1.86. The number of nitrogens with zero attached hydrogens (tertiary/aromatic N) is 3. The van der Waals surface area contributed by atoms with Gasteiger partial charge in [-0.1, -0.05) is 12.1 Å². The smallest absolute Gasteiger partial charge is 0.192 e. The maximum atomic E-state index is 12.1. The molecule has 0 N–H and O–H groups in total. The van der Waals surface area contributed by atoms with Crippen LogP contribution in [0.25, 0.3) is 0 Å². The van der Waals surface area contributed by atoms with Crippen molar-refractivity contribution in [2.45, 2.75) is 6.30 Å². The van der Waals surface area contributed by atoms with Crippen molar-refractivity contribution in [1.82, 2.24) is 5.01 Å². The van der Waals surface area contributed by atoms with E-state index < -0.39 is 6.30 Å². The molecule has 0 atom stereocenters. The molecule has 0 aliphatic carbocycles. The Morgan fingerprint density at radius 2 is 2.20 bits per heavy atom. The molecule has 0 aromatic heterocycles. The zero-order valence-corrected chi connectivity index (χ0v) is 7.21. The lowest BCUT2D eigenvalue weighted by Gasteiger charge is -2.06. The second-order valence-electron chi connectivity index (χ2n) is 2.77. The normalized spacial score (nSPS) is 14.5. The molecular weight excluding hydrogens is 207 g/mol. The highest BCUT2D eigenvalue weighted by Crippen LogP contribution is 2.33. The summed E-state index contributed by atoms with van der Waals surface area (Å²) in [5.74, 6) is -0.264. The van der Waals surface area contributed by atoms with Crippen molar-refractivity contribution in [3.63, 3.8) is 0 Å². The average Bonchev–Trinajstić information content (AvgIpc) is 2.96. The van der Waals surface area contributed by atoms with Crippen molar-refractivity contribution in [2.75, 3.05) is 0 Å². The van der Waals surface area contributed by atoms with Crippen LogP contribution in [0.3, 0.4) is 0 Å². The van der Waals surface area contributed by atoms with Crippen LogP contribution in [0, 0.1) is 17.4 Å². The number of hydrogen-bond acceptors (Lipinski definition) is 3. The van der Waals surface area contributed by atoms with Gasteiger partial charge in [0, 0.05) is 5.56 Å². The first kappa shape index (κ1) is 9.52. The van der Waals surface area contributed by atoms with Crippen LogP contribution in [-0.2, 0) is 0 Å². The fourth-order valence-corrected chi connectivity index (χ4v) is 1.12. The number of rotatable bonds is 1.